The number of nitrogens with one attached hydrogen (secondary N) is 4. The Morgan fingerprint density at radius 3 is 2.13 bits per heavy atom. The number of carboxylic acids is 1. The molecule has 38 heavy (non-hydrogen) atoms. The van der Waals surface area contributed by atoms with Gasteiger partial charge in [0, 0.05) is 18.3 Å². The molecule has 206 valence electrons. The third kappa shape index (κ3) is 9.18. The number of carbonyl (C=O) groups excluding carboxylic acids is 4. The van der Waals surface area contributed by atoms with E-state index in [0.29, 0.717) is 11.3 Å². The summed E-state index contributed by atoms with van der Waals surface area (Å²) in [5.74, 6) is -5.11. The van der Waals surface area contributed by atoms with E-state index in [4.69, 9.17) is 11.5 Å². The van der Waals surface area contributed by atoms with Crippen LogP contribution in [0.15, 0.2) is 36.8 Å². The van der Waals surface area contributed by atoms with Crippen molar-refractivity contribution >= 4 is 29.6 Å². The maximum atomic E-state index is 13.0. The lowest BCUT2D eigenvalue weighted by Gasteiger charge is -2.26. The number of phenolic OH excluding ortho intramolecular Hbond substituents is 1. The van der Waals surface area contributed by atoms with Crippen LogP contribution < -0.4 is 27.4 Å². The summed E-state index contributed by atoms with van der Waals surface area (Å²) in [7, 11) is 0. The van der Waals surface area contributed by atoms with Crippen molar-refractivity contribution in [3.05, 3.63) is 48.0 Å². The summed E-state index contributed by atoms with van der Waals surface area (Å²) >= 11 is 0. The second kappa shape index (κ2) is 13.7. The minimum atomic E-state index is -1.65. The van der Waals surface area contributed by atoms with E-state index < -0.39 is 66.3 Å². The summed E-state index contributed by atoms with van der Waals surface area (Å²) in [6.07, 6.45) is 0.520. The number of nitrogens with two attached hydrogens (primary N) is 2. The lowest BCUT2D eigenvalue weighted by molar-refractivity contribution is -0.143. The zero-order chi connectivity index (χ0) is 28.4. The SMILES string of the molecule is CC(O)C(NC(=O)C(N)Cc1ccc(O)cc1)C(=O)NC(Cc1cnc[nH]1)C(=O)NC(CC(N)=O)C(=O)O. The number of carboxylic acid groups (broad SMARTS) is 1. The van der Waals surface area contributed by atoms with Crippen LogP contribution in [0.3, 0.4) is 0 Å². The van der Waals surface area contributed by atoms with Gasteiger partial charge < -0.3 is 47.7 Å². The molecule has 0 bridgehead atoms. The third-order valence-electron chi connectivity index (χ3n) is 5.42. The zero-order valence-electron chi connectivity index (χ0n) is 20.5. The number of H-pyrrole nitrogens is 1. The number of aliphatic hydroxyl groups is 1. The zero-order valence-corrected chi connectivity index (χ0v) is 20.5. The fraction of sp³-hybridized carbons (Fsp3) is 0.391. The summed E-state index contributed by atoms with van der Waals surface area (Å²) in [6, 6.07) is 0.331. The van der Waals surface area contributed by atoms with E-state index in [0.717, 1.165) is 0 Å². The number of phenols is 1. The molecule has 0 radical (unpaired) electrons. The topological polar surface area (TPSA) is 263 Å². The van der Waals surface area contributed by atoms with Gasteiger partial charge in [0.25, 0.3) is 0 Å². The fourth-order valence-corrected chi connectivity index (χ4v) is 3.40. The van der Waals surface area contributed by atoms with Gasteiger partial charge in [-0.25, -0.2) is 9.78 Å². The van der Waals surface area contributed by atoms with Crippen LogP contribution >= 0.6 is 0 Å². The first-order chi connectivity index (χ1) is 17.9. The first-order valence-electron chi connectivity index (χ1n) is 11.5. The molecule has 1 aromatic heterocycles. The number of imidazole rings is 1. The van der Waals surface area contributed by atoms with Crippen molar-refractivity contribution in [1.82, 2.24) is 25.9 Å². The van der Waals surface area contributed by atoms with Crippen LogP contribution in [0.2, 0.25) is 0 Å². The molecule has 0 saturated carbocycles. The van der Waals surface area contributed by atoms with Gasteiger partial charge in [-0.15, -0.1) is 0 Å². The number of rotatable bonds is 14. The second-order valence-electron chi connectivity index (χ2n) is 8.62. The molecule has 15 heteroatoms. The van der Waals surface area contributed by atoms with E-state index in [1.54, 1.807) is 12.1 Å². The van der Waals surface area contributed by atoms with Crippen molar-refractivity contribution in [1.29, 1.82) is 0 Å². The average Bonchev–Trinajstić information content (AvgIpc) is 3.35. The number of carbonyl (C=O) groups is 5. The Hall–Kier alpha value is -4.50. The van der Waals surface area contributed by atoms with Gasteiger partial charge in [0.05, 0.1) is 24.9 Å². The van der Waals surface area contributed by atoms with Crippen molar-refractivity contribution in [2.24, 2.45) is 11.5 Å². The van der Waals surface area contributed by atoms with Crippen molar-refractivity contribution in [2.45, 2.75) is 56.5 Å². The second-order valence-corrected chi connectivity index (χ2v) is 8.62. The van der Waals surface area contributed by atoms with Gasteiger partial charge in [-0.2, -0.15) is 0 Å². The van der Waals surface area contributed by atoms with Gasteiger partial charge in [0.2, 0.25) is 23.6 Å². The van der Waals surface area contributed by atoms with Crippen LogP contribution in [0.1, 0.15) is 24.6 Å². The van der Waals surface area contributed by atoms with Gasteiger partial charge in [-0.3, -0.25) is 19.2 Å². The predicted molar refractivity (Wildman–Crippen MR) is 131 cm³/mol. The van der Waals surface area contributed by atoms with Gasteiger partial charge in [-0.1, -0.05) is 12.1 Å². The van der Waals surface area contributed by atoms with Crippen LogP contribution in [0, 0.1) is 0 Å². The third-order valence-corrected chi connectivity index (χ3v) is 5.42. The highest BCUT2D eigenvalue weighted by molar-refractivity contribution is 5.95. The Labute approximate surface area is 217 Å². The number of aliphatic hydroxyl groups excluding tert-OH is 1. The molecular weight excluding hydrogens is 502 g/mol. The molecule has 0 aliphatic carbocycles. The number of nitrogens with zero attached hydrogens (tertiary/aromatic N) is 1. The number of aromatic hydroxyl groups is 1. The lowest BCUT2D eigenvalue weighted by atomic mass is 10.0. The number of aromatic nitrogens is 2. The molecule has 11 N–H and O–H groups in total. The van der Waals surface area contributed by atoms with Crippen LogP contribution in [0.25, 0.3) is 0 Å². The van der Waals surface area contributed by atoms with Crippen molar-refractivity contribution in [2.75, 3.05) is 0 Å². The number of primary amides is 1. The van der Waals surface area contributed by atoms with Crippen LogP contribution in [-0.2, 0) is 36.8 Å². The Morgan fingerprint density at radius 1 is 0.974 bits per heavy atom. The molecule has 0 spiro atoms. The standard InChI is InChI=1S/C23H31N7O8/c1-11(31)19(30-20(34)15(24)6-12-2-4-14(32)5-3-12)22(36)28-16(7-13-9-26-10-27-13)21(35)29-17(23(37)38)8-18(25)33/h2-5,9-11,15-17,19,31-32H,6-8,24H2,1H3,(H2,25,33)(H,26,27)(H,28,36)(H,29,35)(H,30,34)(H,37,38). The van der Waals surface area contributed by atoms with E-state index in [1.807, 2.05) is 0 Å². The fourth-order valence-electron chi connectivity index (χ4n) is 3.40. The molecule has 0 aliphatic heterocycles. The molecule has 5 atom stereocenters. The summed E-state index contributed by atoms with van der Waals surface area (Å²) < 4.78 is 0. The van der Waals surface area contributed by atoms with Gasteiger partial charge in [0.15, 0.2) is 0 Å². The highest BCUT2D eigenvalue weighted by Crippen LogP contribution is 2.11. The molecule has 5 unspecified atom stereocenters. The maximum Gasteiger partial charge on any atom is 0.326 e. The van der Waals surface area contributed by atoms with E-state index in [2.05, 4.69) is 25.9 Å². The summed E-state index contributed by atoms with van der Waals surface area (Å²) in [4.78, 5) is 67.8. The number of hydrogen-bond donors (Lipinski definition) is 9. The summed E-state index contributed by atoms with van der Waals surface area (Å²) in [6.45, 7) is 1.24. The van der Waals surface area contributed by atoms with Gasteiger partial charge >= 0.3 is 5.97 Å². The molecule has 2 rings (SSSR count). The smallest absolute Gasteiger partial charge is 0.326 e. The molecule has 1 aromatic carbocycles. The van der Waals surface area contributed by atoms with Crippen LogP contribution in [0.5, 0.6) is 5.75 Å². The molecule has 1 heterocycles. The van der Waals surface area contributed by atoms with Crippen molar-refractivity contribution in [3.8, 4) is 5.75 Å². The monoisotopic (exact) mass is 533 g/mol. The molecule has 0 aliphatic rings. The number of benzene rings is 1. The minimum Gasteiger partial charge on any atom is -0.508 e. The van der Waals surface area contributed by atoms with Crippen LogP contribution in [0.4, 0.5) is 0 Å². The van der Waals surface area contributed by atoms with E-state index in [-0.39, 0.29) is 18.6 Å². The largest absolute Gasteiger partial charge is 0.508 e. The number of hydrogen-bond acceptors (Lipinski definition) is 9. The molecule has 0 fully saturated rings. The molecule has 15 nitrogen and oxygen atoms in total. The number of amides is 4. The lowest BCUT2D eigenvalue weighted by Crippen LogP contribution is -2.60. The Morgan fingerprint density at radius 2 is 1.61 bits per heavy atom. The Bertz CT molecular complexity index is 1120. The van der Waals surface area contributed by atoms with Crippen molar-refractivity contribution < 1.29 is 39.3 Å². The molecule has 4 amide bonds. The van der Waals surface area contributed by atoms with Crippen LogP contribution in [-0.4, -0.2) is 85.2 Å². The predicted octanol–water partition coefficient (Wildman–Crippen LogP) is -2.98. The number of aromatic amines is 1. The van der Waals surface area contributed by atoms with E-state index in [1.165, 1.54) is 31.6 Å². The quantitative estimate of drug-likeness (QED) is 0.119. The highest BCUT2D eigenvalue weighted by atomic mass is 16.4. The first kappa shape index (κ1) is 29.7. The molecule has 0 saturated heterocycles. The van der Waals surface area contributed by atoms with E-state index in [9.17, 15) is 39.3 Å². The first-order valence-corrected chi connectivity index (χ1v) is 11.5. The maximum absolute atomic E-state index is 13.0. The Balaban J connectivity index is 2.14. The summed E-state index contributed by atoms with van der Waals surface area (Å²) in [5, 5.41) is 35.7. The summed E-state index contributed by atoms with van der Waals surface area (Å²) in [5.41, 5.74) is 12.0. The normalized spacial score (nSPS) is 14.8. The van der Waals surface area contributed by atoms with Gasteiger partial charge in [0.1, 0.15) is 23.9 Å². The van der Waals surface area contributed by atoms with Gasteiger partial charge in [-0.05, 0) is 31.0 Å². The molecular formula is C23H31N7O8. The highest BCUT2D eigenvalue weighted by Gasteiger charge is 2.33. The van der Waals surface area contributed by atoms with E-state index >= 15 is 0 Å². The minimum absolute atomic E-state index is 0.0376. The van der Waals surface area contributed by atoms with Crippen molar-refractivity contribution in [3.63, 3.8) is 0 Å². The average molecular weight is 534 g/mol. The number of aliphatic carboxylic acids is 1. The molecule has 2 aromatic rings. The Kier molecular flexibility index (Phi) is 10.7.